The molecule has 1 aromatic rings. The van der Waals surface area contributed by atoms with Gasteiger partial charge in [-0.15, -0.1) is 0 Å². The van der Waals surface area contributed by atoms with E-state index in [0.29, 0.717) is 17.4 Å². The molecule has 6 heteroatoms. The van der Waals surface area contributed by atoms with E-state index < -0.39 is 13.0 Å². The quantitative estimate of drug-likeness (QED) is 0.827. The van der Waals surface area contributed by atoms with Gasteiger partial charge >= 0.3 is 0 Å². The Hall–Kier alpha value is -1.59. The smallest absolute Gasteiger partial charge is 0.255 e. The topological polar surface area (TPSA) is 51.4 Å². The third kappa shape index (κ3) is 2.93. The summed E-state index contributed by atoms with van der Waals surface area (Å²) in [7, 11) is 2.96. The van der Waals surface area contributed by atoms with E-state index >= 15 is 0 Å². The van der Waals surface area contributed by atoms with Crippen molar-refractivity contribution in [2.24, 2.45) is 0 Å². The zero-order chi connectivity index (χ0) is 11.4. The fraction of sp³-hybridized carbons (Fsp3) is 0.444. The van der Waals surface area contributed by atoms with Gasteiger partial charge in [0.15, 0.2) is 5.82 Å². The Bertz CT molecular complexity index is 333. The summed E-state index contributed by atoms with van der Waals surface area (Å²) in [6.45, 7) is -0.412. The predicted octanol–water partition coefficient (Wildman–Crippen LogP) is 1.37. The molecule has 0 aliphatic carbocycles. The van der Waals surface area contributed by atoms with Crippen LogP contribution in [0.4, 0.5) is 20.3 Å². The number of rotatable bonds is 4. The molecular weight excluding hydrogens is 204 g/mol. The van der Waals surface area contributed by atoms with Gasteiger partial charge in [-0.25, -0.2) is 8.78 Å². The number of halogens is 2. The number of methoxy groups -OCH3 is 1. The Labute approximate surface area is 86.7 Å². The number of anilines is 2. The summed E-state index contributed by atoms with van der Waals surface area (Å²) in [5.41, 5.74) is 5.96. The van der Waals surface area contributed by atoms with Crippen molar-refractivity contribution in [2.75, 3.05) is 31.3 Å². The summed E-state index contributed by atoms with van der Waals surface area (Å²) in [5, 5.41) is 0. The standard InChI is InChI=1S/C9H13F2N3O/c1-14(5-7(10)11)9-6(12)3-4-8(13-9)15-2/h3-4,7H,5,12H2,1-2H3. The lowest BCUT2D eigenvalue weighted by Gasteiger charge is -2.19. The molecule has 0 saturated heterocycles. The van der Waals surface area contributed by atoms with Gasteiger partial charge in [-0.3, -0.25) is 0 Å². The zero-order valence-corrected chi connectivity index (χ0v) is 8.58. The van der Waals surface area contributed by atoms with Crippen LogP contribution in [0.2, 0.25) is 0 Å². The van der Waals surface area contributed by atoms with Crippen LogP contribution in [-0.2, 0) is 0 Å². The number of pyridine rings is 1. The Morgan fingerprint density at radius 2 is 2.20 bits per heavy atom. The van der Waals surface area contributed by atoms with Gasteiger partial charge in [-0.2, -0.15) is 4.98 Å². The highest BCUT2D eigenvalue weighted by atomic mass is 19.3. The lowest BCUT2D eigenvalue weighted by Crippen LogP contribution is -2.25. The minimum atomic E-state index is -2.43. The van der Waals surface area contributed by atoms with E-state index in [0.717, 1.165) is 0 Å². The van der Waals surface area contributed by atoms with Crippen LogP contribution in [0.25, 0.3) is 0 Å². The Morgan fingerprint density at radius 3 is 2.73 bits per heavy atom. The molecule has 4 nitrogen and oxygen atoms in total. The number of aromatic nitrogens is 1. The van der Waals surface area contributed by atoms with Crippen LogP contribution >= 0.6 is 0 Å². The Balaban J connectivity index is 2.91. The molecular formula is C9H13F2N3O. The molecule has 0 saturated carbocycles. The number of ether oxygens (including phenoxy) is 1. The maximum Gasteiger partial charge on any atom is 0.255 e. The molecule has 0 aliphatic rings. The molecule has 1 heterocycles. The van der Waals surface area contributed by atoms with Gasteiger partial charge in [0.25, 0.3) is 6.43 Å². The van der Waals surface area contributed by atoms with Gasteiger partial charge in [0, 0.05) is 13.1 Å². The van der Waals surface area contributed by atoms with Gasteiger partial charge in [0.2, 0.25) is 5.88 Å². The first-order valence-electron chi connectivity index (χ1n) is 4.34. The Kier molecular flexibility index (Phi) is 3.65. The van der Waals surface area contributed by atoms with Crippen molar-refractivity contribution in [3.05, 3.63) is 12.1 Å². The third-order valence-corrected chi connectivity index (χ3v) is 1.86. The van der Waals surface area contributed by atoms with E-state index in [-0.39, 0.29) is 0 Å². The average molecular weight is 217 g/mol. The zero-order valence-electron chi connectivity index (χ0n) is 8.58. The second-order valence-corrected chi connectivity index (χ2v) is 3.04. The van der Waals surface area contributed by atoms with E-state index in [2.05, 4.69) is 4.98 Å². The molecule has 2 N–H and O–H groups in total. The minimum absolute atomic E-state index is 0.301. The summed E-state index contributed by atoms with van der Waals surface area (Å²) in [5.74, 6) is 0.648. The number of nitrogen functional groups attached to an aromatic ring is 1. The fourth-order valence-corrected chi connectivity index (χ4v) is 1.15. The predicted molar refractivity (Wildman–Crippen MR) is 54.5 cm³/mol. The lowest BCUT2D eigenvalue weighted by molar-refractivity contribution is 0.156. The SMILES string of the molecule is COc1ccc(N)c(N(C)CC(F)F)n1. The highest BCUT2D eigenvalue weighted by Gasteiger charge is 2.13. The Morgan fingerprint density at radius 1 is 1.53 bits per heavy atom. The van der Waals surface area contributed by atoms with Crippen molar-refractivity contribution < 1.29 is 13.5 Å². The first-order chi connectivity index (χ1) is 7.04. The van der Waals surface area contributed by atoms with Crippen molar-refractivity contribution in [2.45, 2.75) is 6.43 Å². The molecule has 0 unspecified atom stereocenters. The summed E-state index contributed by atoms with van der Waals surface area (Å²) in [6, 6.07) is 3.15. The van der Waals surface area contributed by atoms with Gasteiger partial charge in [0.05, 0.1) is 19.3 Å². The number of alkyl halides is 2. The van der Waals surface area contributed by atoms with Crippen LogP contribution in [0, 0.1) is 0 Å². The summed E-state index contributed by atoms with van der Waals surface area (Å²) < 4.78 is 29.2. The van der Waals surface area contributed by atoms with Crippen molar-refractivity contribution in [1.29, 1.82) is 0 Å². The van der Waals surface area contributed by atoms with Crippen molar-refractivity contribution in [1.82, 2.24) is 4.98 Å². The fourth-order valence-electron chi connectivity index (χ4n) is 1.15. The number of nitrogens with two attached hydrogens (primary N) is 1. The summed E-state index contributed by atoms with van der Waals surface area (Å²) in [6.07, 6.45) is -2.43. The number of hydrogen-bond acceptors (Lipinski definition) is 4. The molecule has 0 atom stereocenters. The maximum atomic E-state index is 12.1. The van der Waals surface area contributed by atoms with Crippen LogP contribution < -0.4 is 15.4 Å². The van der Waals surface area contributed by atoms with Gasteiger partial charge in [0.1, 0.15) is 0 Å². The molecule has 1 rings (SSSR count). The van der Waals surface area contributed by atoms with E-state index in [9.17, 15) is 8.78 Å². The molecule has 0 bridgehead atoms. The van der Waals surface area contributed by atoms with Crippen molar-refractivity contribution >= 4 is 11.5 Å². The molecule has 0 aliphatic heterocycles. The van der Waals surface area contributed by atoms with E-state index in [1.165, 1.54) is 19.1 Å². The summed E-state index contributed by atoms with van der Waals surface area (Å²) in [4.78, 5) is 5.28. The summed E-state index contributed by atoms with van der Waals surface area (Å²) >= 11 is 0. The van der Waals surface area contributed by atoms with Gasteiger partial charge < -0.3 is 15.4 Å². The van der Waals surface area contributed by atoms with E-state index in [1.54, 1.807) is 12.1 Å². The second kappa shape index (κ2) is 4.77. The normalized spacial score (nSPS) is 10.5. The molecule has 0 spiro atoms. The van der Waals surface area contributed by atoms with Crippen LogP contribution in [0.5, 0.6) is 5.88 Å². The van der Waals surface area contributed by atoms with Crippen molar-refractivity contribution in [3.63, 3.8) is 0 Å². The molecule has 0 radical (unpaired) electrons. The lowest BCUT2D eigenvalue weighted by atomic mass is 10.3. The van der Waals surface area contributed by atoms with E-state index in [4.69, 9.17) is 10.5 Å². The average Bonchev–Trinajstić information content (AvgIpc) is 2.17. The van der Waals surface area contributed by atoms with Crippen LogP contribution in [0.1, 0.15) is 0 Å². The van der Waals surface area contributed by atoms with Gasteiger partial charge in [-0.1, -0.05) is 0 Å². The molecule has 1 aromatic heterocycles. The number of hydrogen-bond donors (Lipinski definition) is 1. The first kappa shape index (κ1) is 11.5. The minimum Gasteiger partial charge on any atom is -0.481 e. The van der Waals surface area contributed by atoms with Crippen LogP contribution in [-0.4, -0.2) is 32.1 Å². The first-order valence-corrected chi connectivity index (χ1v) is 4.34. The van der Waals surface area contributed by atoms with Crippen molar-refractivity contribution in [3.8, 4) is 5.88 Å². The molecule has 84 valence electrons. The number of nitrogens with zero attached hydrogens (tertiary/aromatic N) is 2. The van der Waals surface area contributed by atoms with Crippen LogP contribution in [0.3, 0.4) is 0 Å². The second-order valence-electron chi connectivity index (χ2n) is 3.04. The molecule has 0 aromatic carbocycles. The highest BCUT2D eigenvalue weighted by molar-refractivity contribution is 5.63. The van der Waals surface area contributed by atoms with Crippen LogP contribution in [0.15, 0.2) is 12.1 Å². The van der Waals surface area contributed by atoms with Gasteiger partial charge in [-0.05, 0) is 6.07 Å². The molecule has 0 amide bonds. The molecule has 0 fully saturated rings. The monoisotopic (exact) mass is 217 g/mol. The maximum absolute atomic E-state index is 12.1. The third-order valence-electron chi connectivity index (χ3n) is 1.86. The molecule has 15 heavy (non-hydrogen) atoms. The highest BCUT2D eigenvalue weighted by Crippen LogP contribution is 2.23. The largest absolute Gasteiger partial charge is 0.481 e. The van der Waals surface area contributed by atoms with E-state index in [1.807, 2.05) is 0 Å².